The van der Waals surface area contributed by atoms with Crippen molar-refractivity contribution < 1.29 is 0 Å². The topological polar surface area (TPSA) is 41.6 Å². The van der Waals surface area contributed by atoms with Crippen LogP contribution >= 0.6 is 0 Å². The summed E-state index contributed by atoms with van der Waals surface area (Å²) in [6, 6.07) is 15.1. The second-order valence-electron chi connectivity index (χ2n) is 5.25. The largest absolute Gasteiger partial charge is 0.370 e. The number of hydrogen-bond donors (Lipinski definition) is 1. The van der Waals surface area contributed by atoms with Gasteiger partial charge in [0, 0.05) is 6.54 Å². The Balaban J connectivity index is 2.09. The zero-order valence-corrected chi connectivity index (χ0v) is 11.4. The molecule has 0 amide bonds. The van der Waals surface area contributed by atoms with Crippen LogP contribution in [0.25, 0.3) is 10.8 Å². The molecule has 0 saturated carbocycles. The van der Waals surface area contributed by atoms with E-state index in [2.05, 4.69) is 66.2 Å². The first kappa shape index (κ1) is 12.0. The molecule has 0 aliphatic carbocycles. The standard InChI is InChI=1S/C16H19N3/c1-3-19-15(17)18-11-16(19,2)14-9-8-12-6-4-5-7-13(12)10-14/h4-10H,3,11H2,1-2H3,(H2,17,18). The van der Waals surface area contributed by atoms with Gasteiger partial charge in [-0.05, 0) is 36.2 Å². The van der Waals surface area contributed by atoms with E-state index in [1.807, 2.05) is 0 Å². The highest BCUT2D eigenvalue weighted by Gasteiger charge is 2.38. The predicted molar refractivity (Wildman–Crippen MR) is 80.2 cm³/mol. The molecule has 1 unspecified atom stereocenters. The Morgan fingerprint density at radius 2 is 1.95 bits per heavy atom. The molecule has 3 rings (SSSR count). The van der Waals surface area contributed by atoms with E-state index in [0.29, 0.717) is 5.96 Å². The Labute approximate surface area is 113 Å². The van der Waals surface area contributed by atoms with Gasteiger partial charge in [-0.25, -0.2) is 0 Å². The highest BCUT2D eigenvalue weighted by Crippen LogP contribution is 2.33. The van der Waals surface area contributed by atoms with E-state index >= 15 is 0 Å². The molecule has 98 valence electrons. The molecule has 2 aromatic rings. The molecule has 2 aromatic carbocycles. The van der Waals surface area contributed by atoms with Crippen molar-refractivity contribution in [2.75, 3.05) is 13.1 Å². The zero-order chi connectivity index (χ0) is 13.5. The summed E-state index contributed by atoms with van der Waals surface area (Å²) in [5.74, 6) is 0.651. The molecule has 0 saturated heterocycles. The molecule has 3 nitrogen and oxygen atoms in total. The van der Waals surface area contributed by atoms with Gasteiger partial charge in [-0.15, -0.1) is 0 Å². The molecule has 19 heavy (non-hydrogen) atoms. The second kappa shape index (κ2) is 4.26. The Morgan fingerprint density at radius 3 is 2.68 bits per heavy atom. The number of guanidine groups is 1. The second-order valence-corrected chi connectivity index (χ2v) is 5.25. The molecule has 2 N–H and O–H groups in total. The maximum Gasteiger partial charge on any atom is 0.192 e. The van der Waals surface area contributed by atoms with Crippen LogP contribution in [0.3, 0.4) is 0 Å². The number of benzene rings is 2. The lowest BCUT2D eigenvalue weighted by Crippen LogP contribution is -2.47. The maximum absolute atomic E-state index is 5.99. The quantitative estimate of drug-likeness (QED) is 0.894. The fraction of sp³-hybridized carbons (Fsp3) is 0.312. The number of hydrogen-bond acceptors (Lipinski definition) is 3. The van der Waals surface area contributed by atoms with Crippen LogP contribution in [-0.2, 0) is 5.54 Å². The molecular formula is C16H19N3. The number of aliphatic imine (C=N–C) groups is 1. The number of rotatable bonds is 2. The Hall–Kier alpha value is -2.03. The van der Waals surface area contributed by atoms with Gasteiger partial charge in [0.2, 0.25) is 0 Å². The lowest BCUT2D eigenvalue weighted by molar-refractivity contribution is 0.235. The van der Waals surface area contributed by atoms with Crippen LogP contribution in [-0.4, -0.2) is 23.9 Å². The van der Waals surface area contributed by atoms with Crippen molar-refractivity contribution in [3.8, 4) is 0 Å². The highest BCUT2D eigenvalue weighted by atomic mass is 15.3. The van der Waals surface area contributed by atoms with Crippen molar-refractivity contribution in [1.82, 2.24) is 4.90 Å². The molecule has 0 aromatic heterocycles. The van der Waals surface area contributed by atoms with E-state index in [4.69, 9.17) is 5.73 Å². The van der Waals surface area contributed by atoms with Crippen molar-refractivity contribution in [2.45, 2.75) is 19.4 Å². The van der Waals surface area contributed by atoms with Crippen LogP contribution in [0.1, 0.15) is 19.4 Å². The van der Waals surface area contributed by atoms with E-state index in [9.17, 15) is 0 Å². The fourth-order valence-corrected chi connectivity index (χ4v) is 2.94. The first-order valence-corrected chi connectivity index (χ1v) is 6.72. The minimum absolute atomic E-state index is 0.122. The maximum atomic E-state index is 5.99. The third-order valence-electron chi connectivity index (χ3n) is 4.11. The molecule has 1 aliphatic rings. The summed E-state index contributed by atoms with van der Waals surface area (Å²) in [6.07, 6.45) is 0. The number of nitrogens with two attached hydrogens (primary N) is 1. The van der Waals surface area contributed by atoms with Crippen LogP contribution in [0.15, 0.2) is 47.5 Å². The van der Waals surface area contributed by atoms with E-state index in [1.165, 1.54) is 16.3 Å². The van der Waals surface area contributed by atoms with Crippen LogP contribution in [0.5, 0.6) is 0 Å². The number of fused-ring (bicyclic) bond motifs is 1. The molecule has 0 radical (unpaired) electrons. The Bertz CT molecular complexity index is 647. The van der Waals surface area contributed by atoms with Crippen molar-refractivity contribution in [3.63, 3.8) is 0 Å². The monoisotopic (exact) mass is 253 g/mol. The lowest BCUT2D eigenvalue weighted by atomic mass is 9.89. The summed E-state index contributed by atoms with van der Waals surface area (Å²) in [6.45, 7) is 5.93. The molecule has 0 bridgehead atoms. The predicted octanol–water partition coefficient (Wildman–Crippen LogP) is 2.71. The molecule has 1 atom stereocenters. The Morgan fingerprint density at radius 1 is 1.21 bits per heavy atom. The van der Waals surface area contributed by atoms with Gasteiger partial charge < -0.3 is 10.6 Å². The van der Waals surface area contributed by atoms with Crippen LogP contribution in [0.4, 0.5) is 0 Å². The normalized spacial score (nSPS) is 22.8. The van der Waals surface area contributed by atoms with Gasteiger partial charge in [-0.1, -0.05) is 36.4 Å². The van der Waals surface area contributed by atoms with Gasteiger partial charge in [0.15, 0.2) is 5.96 Å². The van der Waals surface area contributed by atoms with Gasteiger partial charge in [0.25, 0.3) is 0 Å². The average molecular weight is 253 g/mol. The molecule has 1 heterocycles. The van der Waals surface area contributed by atoms with Crippen molar-refractivity contribution >= 4 is 16.7 Å². The molecular weight excluding hydrogens is 234 g/mol. The summed E-state index contributed by atoms with van der Waals surface area (Å²) >= 11 is 0. The minimum atomic E-state index is -0.122. The van der Waals surface area contributed by atoms with E-state index in [1.54, 1.807) is 0 Å². The lowest BCUT2D eigenvalue weighted by Gasteiger charge is -2.36. The van der Waals surface area contributed by atoms with Gasteiger partial charge in [0.1, 0.15) is 0 Å². The van der Waals surface area contributed by atoms with Gasteiger partial charge >= 0.3 is 0 Å². The summed E-state index contributed by atoms with van der Waals surface area (Å²) in [5, 5.41) is 2.53. The SMILES string of the molecule is CCN1C(N)=NCC1(C)c1ccc2ccccc2c1. The first-order valence-electron chi connectivity index (χ1n) is 6.72. The Kier molecular flexibility index (Phi) is 2.70. The molecule has 1 aliphatic heterocycles. The van der Waals surface area contributed by atoms with E-state index < -0.39 is 0 Å². The molecule has 0 fully saturated rings. The van der Waals surface area contributed by atoms with E-state index in [-0.39, 0.29) is 5.54 Å². The summed E-state index contributed by atoms with van der Waals surface area (Å²) in [7, 11) is 0. The summed E-state index contributed by atoms with van der Waals surface area (Å²) in [5.41, 5.74) is 7.14. The van der Waals surface area contributed by atoms with Gasteiger partial charge in [-0.2, -0.15) is 0 Å². The zero-order valence-electron chi connectivity index (χ0n) is 11.4. The van der Waals surface area contributed by atoms with Crippen molar-refractivity contribution in [2.24, 2.45) is 10.7 Å². The third kappa shape index (κ3) is 1.77. The van der Waals surface area contributed by atoms with Crippen molar-refractivity contribution in [1.29, 1.82) is 0 Å². The van der Waals surface area contributed by atoms with E-state index in [0.717, 1.165) is 13.1 Å². The van der Waals surface area contributed by atoms with Gasteiger partial charge in [-0.3, -0.25) is 4.99 Å². The summed E-state index contributed by atoms with van der Waals surface area (Å²) in [4.78, 5) is 6.60. The molecule has 3 heteroatoms. The van der Waals surface area contributed by atoms with Crippen LogP contribution in [0, 0.1) is 0 Å². The summed E-state index contributed by atoms with van der Waals surface area (Å²) < 4.78 is 0. The number of nitrogens with zero attached hydrogens (tertiary/aromatic N) is 2. The third-order valence-corrected chi connectivity index (χ3v) is 4.11. The minimum Gasteiger partial charge on any atom is -0.370 e. The first-order chi connectivity index (χ1) is 9.15. The van der Waals surface area contributed by atoms with Gasteiger partial charge in [0.05, 0.1) is 12.1 Å². The highest BCUT2D eigenvalue weighted by molar-refractivity contribution is 5.85. The smallest absolute Gasteiger partial charge is 0.192 e. The molecule has 0 spiro atoms. The van der Waals surface area contributed by atoms with Crippen molar-refractivity contribution in [3.05, 3.63) is 48.0 Å². The number of likely N-dealkylation sites (N-methyl/N-ethyl adjacent to an activating group) is 1. The van der Waals surface area contributed by atoms with Crippen LogP contribution in [0.2, 0.25) is 0 Å². The average Bonchev–Trinajstić information content (AvgIpc) is 2.74. The van der Waals surface area contributed by atoms with Crippen LogP contribution < -0.4 is 5.73 Å². The fourth-order valence-electron chi connectivity index (χ4n) is 2.94.